The maximum absolute atomic E-state index is 3.91. The summed E-state index contributed by atoms with van der Waals surface area (Å²) in [6, 6.07) is 2.55. The van der Waals surface area contributed by atoms with E-state index in [1.165, 1.54) is 71.1 Å². The van der Waals surface area contributed by atoms with E-state index in [4.69, 9.17) is 0 Å². The molecule has 98 valence electrons. The number of hydrogen-bond acceptors (Lipinski definition) is 3. The monoisotopic (exact) mass is 237 g/mol. The van der Waals surface area contributed by atoms with E-state index in [1.807, 2.05) is 0 Å². The van der Waals surface area contributed by atoms with Gasteiger partial charge in [0.2, 0.25) is 0 Å². The van der Waals surface area contributed by atoms with Crippen LogP contribution in [0.2, 0.25) is 0 Å². The molecule has 3 rings (SSSR count). The molecule has 3 aliphatic rings. The van der Waals surface area contributed by atoms with Gasteiger partial charge in [-0.2, -0.15) is 0 Å². The Kier molecular flexibility index (Phi) is 3.99. The first-order chi connectivity index (χ1) is 8.42. The molecule has 0 aromatic heterocycles. The minimum Gasteiger partial charge on any atom is -0.317 e. The fourth-order valence-corrected chi connectivity index (χ4v) is 3.39. The van der Waals surface area contributed by atoms with Crippen molar-refractivity contribution >= 4 is 0 Å². The Balaban J connectivity index is 1.40. The van der Waals surface area contributed by atoms with Crippen LogP contribution >= 0.6 is 0 Å². The summed E-state index contributed by atoms with van der Waals surface area (Å²) in [5.74, 6) is 0. The molecule has 2 N–H and O–H groups in total. The first kappa shape index (κ1) is 11.9. The third-order valence-corrected chi connectivity index (χ3v) is 4.64. The van der Waals surface area contributed by atoms with Gasteiger partial charge >= 0.3 is 0 Å². The van der Waals surface area contributed by atoms with Crippen molar-refractivity contribution in [2.75, 3.05) is 26.2 Å². The second kappa shape index (κ2) is 5.68. The molecule has 2 heterocycles. The highest BCUT2D eigenvalue weighted by molar-refractivity contribution is 4.89. The van der Waals surface area contributed by atoms with Crippen molar-refractivity contribution in [3.05, 3.63) is 0 Å². The van der Waals surface area contributed by atoms with Gasteiger partial charge in [-0.15, -0.1) is 0 Å². The van der Waals surface area contributed by atoms with Crippen LogP contribution in [0.5, 0.6) is 0 Å². The van der Waals surface area contributed by atoms with Gasteiger partial charge in [-0.1, -0.05) is 0 Å². The third kappa shape index (κ3) is 3.43. The van der Waals surface area contributed by atoms with Gasteiger partial charge < -0.3 is 15.5 Å². The van der Waals surface area contributed by atoms with Crippen LogP contribution in [0, 0.1) is 0 Å². The maximum atomic E-state index is 3.91. The Morgan fingerprint density at radius 3 is 2.35 bits per heavy atom. The zero-order valence-electron chi connectivity index (χ0n) is 11.0. The van der Waals surface area contributed by atoms with Crippen LogP contribution in [-0.2, 0) is 0 Å². The molecule has 3 fully saturated rings. The zero-order valence-corrected chi connectivity index (χ0v) is 11.0. The van der Waals surface area contributed by atoms with Crippen LogP contribution < -0.4 is 10.6 Å². The van der Waals surface area contributed by atoms with Crippen LogP contribution in [-0.4, -0.2) is 49.2 Å². The predicted octanol–water partition coefficient (Wildman–Crippen LogP) is 1.34. The molecule has 1 aliphatic carbocycles. The van der Waals surface area contributed by atoms with Crippen molar-refractivity contribution < 1.29 is 0 Å². The summed E-state index contributed by atoms with van der Waals surface area (Å²) in [4.78, 5) is 2.72. The summed E-state index contributed by atoms with van der Waals surface area (Å²) < 4.78 is 0. The molecule has 0 bridgehead atoms. The summed E-state index contributed by atoms with van der Waals surface area (Å²) >= 11 is 0. The normalized spacial score (nSPS) is 33.5. The van der Waals surface area contributed by atoms with E-state index in [0.717, 1.165) is 18.1 Å². The van der Waals surface area contributed by atoms with E-state index in [1.54, 1.807) is 0 Å². The fourth-order valence-electron chi connectivity index (χ4n) is 3.39. The molecule has 0 amide bonds. The minimum atomic E-state index is 0.780. The smallest absolute Gasteiger partial charge is 0.00964 e. The van der Waals surface area contributed by atoms with Crippen LogP contribution in [0.1, 0.15) is 44.9 Å². The number of rotatable bonds is 3. The Morgan fingerprint density at radius 1 is 0.824 bits per heavy atom. The summed E-state index contributed by atoms with van der Waals surface area (Å²) in [7, 11) is 0. The Morgan fingerprint density at radius 2 is 1.59 bits per heavy atom. The zero-order chi connectivity index (χ0) is 11.5. The summed E-state index contributed by atoms with van der Waals surface area (Å²) in [6.07, 6.45) is 9.72. The van der Waals surface area contributed by atoms with Gasteiger partial charge in [0.15, 0.2) is 0 Å². The SMILES string of the molecule is C1CNCCC(NC2CCN(C3CC3)CC2)C1. The molecule has 1 atom stereocenters. The van der Waals surface area contributed by atoms with Gasteiger partial charge in [-0.05, 0) is 71.1 Å². The van der Waals surface area contributed by atoms with Gasteiger partial charge in [0.1, 0.15) is 0 Å². The lowest BCUT2D eigenvalue weighted by atomic mass is 10.0. The summed E-state index contributed by atoms with van der Waals surface area (Å²) in [5.41, 5.74) is 0. The van der Waals surface area contributed by atoms with E-state index < -0.39 is 0 Å². The molecular formula is C14H27N3. The number of piperidine rings is 1. The molecule has 17 heavy (non-hydrogen) atoms. The quantitative estimate of drug-likeness (QED) is 0.776. The van der Waals surface area contributed by atoms with E-state index in [9.17, 15) is 0 Å². The van der Waals surface area contributed by atoms with Gasteiger partial charge in [-0.3, -0.25) is 0 Å². The van der Waals surface area contributed by atoms with Crippen LogP contribution in [0.4, 0.5) is 0 Å². The van der Waals surface area contributed by atoms with E-state index in [2.05, 4.69) is 15.5 Å². The molecule has 1 saturated carbocycles. The van der Waals surface area contributed by atoms with Crippen molar-refractivity contribution in [2.45, 2.75) is 63.1 Å². The molecule has 2 aliphatic heterocycles. The lowest BCUT2D eigenvalue weighted by Gasteiger charge is -2.34. The minimum absolute atomic E-state index is 0.780. The fraction of sp³-hybridized carbons (Fsp3) is 1.00. The molecule has 0 aromatic carbocycles. The molecule has 3 heteroatoms. The van der Waals surface area contributed by atoms with Gasteiger partial charge in [-0.25, -0.2) is 0 Å². The van der Waals surface area contributed by atoms with Crippen LogP contribution in [0.15, 0.2) is 0 Å². The van der Waals surface area contributed by atoms with Gasteiger partial charge in [0, 0.05) is 18.1 Å². The van der Waals surface area contributed by atoms with Crippen molar-refractivity contribution in [2.24, 2.45) is 0 Å². The second-order valence-electron chi connectivity index (χ2n) is 6.09. The molecule has 0 radical (unpaired) electrons. The summed E-state index contributed by atoms with van der Waals surface area (Å²) in [6.45, 7) is 5.11. The highest BCUT2D eigenvalue weighted by Gasteiger charge is 2.32. The summed E-state index contributed by atoms with van der Waals surface area (Å²) in [5, 5.41) is 7.41. The van der Waals surface area contributed by atoms with Crippen molar-refractivity contribution in [1.82, 2.24) is 15.5 Å². The van der Waals surface area contributed by atoms with Crippen LogP contribution in [0.3, 0.4) is 0 Å². The maximum Gasteiger partial charge on any atom is 0.00964 e. The number of nitrogens with zero attached hydrogens (tertiary/aromatic N) is 1. The largest absolute Gasteiger partial charge is 0.317 e. The first-order valence-electron chi connectivity index (χ1n) is 7.62. The molecule has 0 aromatic rings. The third-order valence-electron chi connectivity index (χ3n) is 4.64. The Bertz CT molecular complexity index is 224. The average Bonchev–Trinajstić information content (AvgIpc) is 3.17. The lowest BCUT2D eigenvalue weighted by molar-refractivity contribution is 0.181. The first-order valence-corrected chi connectivity index (χ1v) is 7.62. The van der Waals surface area contributed by atoms with Gasteiger partial charge in [0.05, 0.1) is 0 Å². The van der Waals surface area contributed by atoms with Crippen molar-refractivity contribution in [1.29, 1.82) is 0 Å². The van der Waals surface area contributed by atoms with Gasteiger partial charge in [0.25, 0.3) is 0 Å². The highest BCUT2D eigenvalue weighted by Crippen LogP contribution is 2.29. The molecule has 2 saturated heterocycles. The predicted molar refractivity (Wildman–Crippen MR) is 71.3 cm³/mol. The topological polar surface area (TPSA) is 27.3 Å². The molecular weight excluding hydrogens is 210 g/mol. The Labute approximate surface area is 105 Å². The Hall–Kier alpha value is -0.120. The number of likely N-dealkylation sites (tertiary alicyclic amines) is 1. The number of hydrogen-bond donors (Lipinski definition) is 2. The standard InChI is InChI=1S/C14H27N3/c1-2-12(5-9-15-8-1)16-13-6-10-17(11-7-13)14-3-4-14/h12-16H,1-11H2. The van der Waals surface area contributed by atoms with E-state index >= 15 is 0 Å². The lowest BCUT2D eigenvalue weighted by Crippen LogP contribution is -2.46. The number of nitrogens with one attached hydrogen (secondary N) is 2. The van der Waals surface area contributed by atoms with E-state index in [0.29, 0.717) is 0 Å². The van der Waals surface area contributed by atoms with Crippen molar-refractivity contribution in [3.63, 3.8) is 0 Å². The molecule has 0 spiro atoms. The average molecular weight is 237 g/mol. The van der Waals surface area contributed by atoms with Crippen molar-refractivity contribution in [3.8, 4) is 0 Å². The second-order valence-corrected chi connectivity index (χ2v) is 6.09. The molecule has 3 nitrogen and oxygen atoms in total. The highest BCUT2D eigenvalue weighted by atomic mass is 15.2. The molecule has 1 unspecified atom stereocenters. The van der Waals surface area contributed by atoms with Crippen LogP contribution in [0.25, 0.3) is 0 Å². The van der Waals surface area contributed by atoms with E-state index in [-0.39, 0.29) is 0 Å².